The first-order chi connectivity index (χ1) is 9.02. The molecule has 106 valence electrons. The molecule has 2 rings (SSSR count). The maximum atomic E-state index is 12.5. The van der Waals surface area contributed by atoms with E-state index in [-0.39, 0.29) is 0 Å². The maximum Gasteiger partial charge on any atom is 0.416 e. The highest BCUT2D eigenvalue weighted by atomic mass is 19.4. The minimum atomic E-state index is -4.24. The van der Waals surface area contributed by atoms with Crippen molar-refractivity contribution in [1.82, 2.24) is 5.32 Å². The molecular formula is C15H20F3N. The van der Waals surface area contributed by atoms with Crippen molar-refractivity contribution in [3.8, 4) is 0 Å². The third kappa shape index (κ3) is 3.50. The summed E-state index contributed by atoms with van der Waals surface area (Å²) in [6.45, 7) is 4.07. The first-order valence-corrected chi connectivity index (χ1v) is 6.90. The number of hydrogen-bond acceptors (Lipinski definition) is 1. The summed E-state index contributed by atoms with van der Waals surface area (Å²) in [6, 6.07) is 5.73. The summed E-state index contributed by atoms with van der Waals surface area (Å²) in [6.07, 6.45) is -0.992. The van der Waals surface area contributed by atoms with E-state index >= 15 is 0 Å². The van der Waals surface area contributed by atoms with Gasteiger partial charge in [-0.25, -0.2) is 0 Å². The lowest BCUT2D eigenvalue weighted by Gasteiger charge is -2.32. The van der Waals surface area contributed by atoms with Gasteiger partial charge in [0, 0.05) is 0 Å². The SMILES string of the molecule is CCCC1CNCCC1c1ccc(C(F)(F)F)cc1. The maximum absolute atomic E-state index is 12.5. The normalized spacial score (nSPS) is 24.4. The van der Waals surface area contributed by atoms with Gasteiger partial charge in [0.2, 0.25) is 0 Å². The molecule has 0 saturated carbocycles. The standard InChI is InChI=1S/C15H20F3N/c1-2-3-12-10-19-9-8-14(12)11-4-6-13(7-5-11)15(16,17)18/h4-7,12,14,19H,2-3,8-10H2,1H3. The Morgan fingerprint density at radius 1 is 1.21 bits per heavy atom. The molecule has 1 aromatic carbocycles. The van der Waals surface area contributed by atoms with Crippen molar-refractivity contribution in [2.45, 2.75) is 38.3 Å². The van der Waals surface area contributed by atoms with Gasteiger partial charge in [0.05, 0.1) is 5.56 Å². The number of rotatable bonds is 3. The lowest BCUT2D eigenvalue weighted by atomic mass is 9.79. The van der Waals surface area contributed by atoms with Crippen LogP contribution in [0.2, 0.25) is 0 Å². The van der Waals surface area contributed by atoms with Crippen molar-refractivity contribution in [1.29, 1.82) is 0 Å². The summed E-state index contributed by atoms with van der Waals surface area (Å²) in [5.41, 5.74) is 0.491. The van der Waals surface area contributed by atoms with E-state index in [0.29, 0.717) is 11.8 Å². The minimum absolute atomic E-state index is 0.392. The zero-order chi connectivity index (χ0) is 13.9. The molecule has 0 bridgehead atoms. The van der Waals surface area contributed by atoms with E-state index in [2.05, 4.69) is 12.2 Å². The highest BCUT2D eigenvalue weighted by Gasteiger charge is 2.31. The number of hydrogen-bond donors (Lipinski definition) is 1. The molecule has 2 unspecified atom stereocenters. The molecule has 1 fully saturated rings. The van der Waals surface area contributed by atoms with Crippen LogP contribution < -0.4 is 5.32 Å². The molecular weight excluding hydrogens is 251 g/mol. The van der Waals surface area contributed by atoms with Gasteiger partial charge in [0.25, 0.3) is 0 Å². The fourth-order valence-corrected chi connectivity index (χ4v) is 2.96. The lowest BCUT2D eigenvalue weighted by molar-refractivity contribution is -0.137. The quantitative estimate of drug-likeness (QED) is 0.868. The molecule has 1 aliphatic heterocycles. The minimum Gasteiger partial charge on any atom is -0.316 e. The second-order valence-corrected chi connectivity index (χ2v) is 5.27. The number of piperidine rings is 1. The number of halogens is 3. The summed E-state index contributed by atoms with van der Waals surface area (Å²) in [4.78, 5) is 0. The van der Waals surface area contributed by atoms with E-state index in [1.165, 1.54) is 12.1 Å². The van der Waals surface area contributed by atoms with Gasteiger partial charge in [0.1, 0.15) is 0 Å². The molecule has 1 N–H and O–H groups in total. The van der Waals surface area contributed by atoms with Crippen LogP contribution >= 0.6 is 0 Å². The molecule has 4 heteroatoms. The van der Waals surface area contributed by atoms with Gasteiger partial charge < -0.3 is 5.32 Å². The number of nitrogens with one attached hydrogen (secondary N) is 1. The molecule has 19 heavy (non-hydrogen) atoms. The molecule has 1 saturated heterocycles. The summed E-state index contributed by atoms with van der Waals surface area (Å²) in [5, 5.41) is 3.38. The zero-order valence-corrected chi connectivity index (χ0v) is 11.1. The first-order valence-electron chi connectivity index (χ1n) is 6.90. The Bertz CT molecular complexity index is 395. The molecule has 0 aromatic heterocycles. The van der Waals surface area contributed by atoms with Crippen LogP contribution in [0, 0.1) is 5.92 Å². The van der Waals surface area contributed by atoms with Crippen LogP contribution in [0.15, 0.2) is 24.3 Å². The topological polar surface area (TPSA) is 12.0 Å². The van der Waals surface area contributed by atoms with Gasteiger partial charge >= 0.3 is 6.18 Å². The summed E-state index contributed by atoms with van der Waals surface area (Å²) in [7, 11) is 0. The second kappa shape index (κ2) is 5.95. The van der Waals surface area contributed by atoms with Crippen molar-refractivity contribution in [3.63, 3.8) is 0 Å². The van der Waals surface area contributed by atoms with Crippen molar-refractivity contribution in [2.24, 2.45) is 5.92 Å². The number of benzene rings is 1. The lowest BCUT2D eigenvalue weighted by Crippen LogP contribution is -2.35. The summed E-state index contributed by atoms with van der Waals surface area (Å²) >= 11 is 0. The van der Waals surface area contributed by atoms with Crippen molar-refractivity contribution in [3.05, 3.63) is 35.4 Å². The fraction of sp³-hybridized carbons (Fsp3) is 0.600. The average Bonchev–Trinajstić information content (AvgIpc) is 2.39. The van der Waals surface area contributed by atoms with E-state index in [9.17, 15) is 13.2 Å². The molecule has 1 nitrogen and oxygen atoms in total. The molecule has 0 spiro atoms. The molecule has 0 radical (unpaired) electrons. The van der Waals surface area contributed by atoms with Gasteiger partial charge in [-0.3, -0.25) is 0 Å². The van der Waals surface area contributed by atoms with Gasteiger partial charge in [-0.1, -0.05) is 25.5 Å². The zero-order valence-electron chi connectivity index (χ0n) is 11.1. The molecule has 1 aromatic rings. The molecule has 0 amide bonds. The Labute approximate surface area is 112 Å². The van der Waals surface area contributed by atoms with Crippen LogP contribution in [-0.2, 0) is 6.18 Å². The first kappa shape index (κ1) is 14.4. The molecule has 0 aliphatic carbocycles. The van der Waals surface area contributed by atoms with Crippen molar-refractivity contribution < 1.29 is 13.2 Å². The second-order valence-electron chi connectivity index (χ2n) is 5.27. The van der Waals surface area contributed by atoms with E-state index in [4.69, 9.17) is 0 Å². The Morgan fingerprint density at radius 3 is 2.47 bits per heavy atom. The van der Waals surface area contributed by atoms with Crippen molar-refractivity contribution >= 4 is 0 Å². The van der Waals surface area contributed by atoms with Crippen LogP contribution in [-0.4, -0.2) is 13.1 Å². The smallest absolute Gasteiger partial charge is 0.316 e. The number of alkyl halides is 3. The predicted octanol–water partition coefficient (Wildman–Crippen LogP) is 4.20. The van der Waals surface area contributed by atoms with E-state index in [1.54, 1.807) is 12.1 Å². The Morgan fingerprint density at radius 2 is 1.89 bits per heavy atom. The van der Waals surface area contributed by atoms with E-state index < -0.39 is 11.7 Å². The summed E-state index contributed by atoms with van der Waals surface area (Å²) in [5.74, 6) is 0.930. The Balaban J connectivity index is 2.15. The average molecular weight is 271 g/mol. The van der Waals surface area contributed by atoms with Crippen molar-refractivity contribution in [2.75, 3.05) is 13.1 Å². The fourth-order valence-electron chi connectivity index (χ4n) is 2.96. The van der Waals surface area contributed by atoms with Crippen LogP contribution in [0.1, 0.15) is 43.2 Å². The van der Waals surface area contributed by atoms with E-state index in [1.807, 2.05) is 0 Å². The Hall–Kier alpha value is -1.03. The van der Waals surface area contributed by atoms with Crippen LogP contribution in [0.5, 0.6) is 0 Å². The van der Waals surface area contributed by atoms with E-state index in [0.717, 1.165) is 37.9 Å². The highest BCUT2D eigenvalue weighted by molar-refractivity contribution is 5.28. The highest BCUT2D eigenvalue weighted by Crippen LogP contribution is 2.35. The van der Waals surface area contributed by atoms with Gasteiger partial charge in [-0.05, 0) is 55.5 Å². The Kier molecular flexibility index (Phi) is 4.50. The van der Waals surface area contributed by atoms with Crippen LogP contribution in [0.4, 0.5) is 13.2 Å². The van der Waals surface area contributed by atoms with Crippen LogP contribution in [0.25, 0.3) is 0 Å². The molecule has 1 heterocycles. The molecule has 1 aliphatic rings. The summed E-state index contributed by atoms with van der Waals surface area (Å²) < 4.78 is 37.6. The third-order valence-electron chi connectivity index (χ3n) is 3.93. The van der Waals surface area contributed by atoms with Gasteiger partial charge in [-0.15, -0.1) is 0 Å². The largest absolute Gasteiger partial charge is 0.416 e. The van der Waals surface area contributed by atoms with Crippen LogP contribution in [0.3, 0.4) is 0 Å². The molecule has 2 atom stereocenters. The van der Waals surface area contributed by atoms with Gasteiger partial charge in [-0.2, -0.15) is 13.2 Å². The predicted molar refractivity (Wildman–Crippen MR) is 70.1 cm³/mol. The third-order valence-corrected chi connectivity index (χ3v) is 3.93. The van der Waals surface area contributed by atoms with Gasteiger partial charge in [0.15, 0.2) is 0 Å². The monoisotopic (exact) mass is 271 g/mol.